The highest BCUT2D eigenvalue weighted by Crippen LogP contribution is 1.94. The normalized spacial score (nSPS) is 12.6. The first kappa shape index (κ1) is 11.4. The van der Waals surface area contributed by atoms with Gasteiger partial charge in [0.15, 0.2) is 0 Å². The molecule has 0 aromatic rings. The fraction of sp³-hybridized carbons (Fsp3) is 0.875. The third kappa shape index (κ3) is 5.09. The number of rotatable bonds is 6. The standard InChI is InChI=1S/C8H17NO3/c1-2-3-6-12-8(11)7(9)4-5-10/h7,10H,2-6,9H2,1H3/t7-/m0/s1. The molecule has 0 heterocycles. The van der Waals surface area contributed by atoms with Crippen molar-refractivity contribution in [3.8, 4) is 0 Å². The molecule has 0 unspecified atom stereocenters. The number of aliphatic hydroxyl groups excluding tert-OH is 1. The minimum atomic E-state index is -0.674. The second-order valence-electron chi connectivity index (χ2n) is 2.64. The summed E-state index contributed by atoms with van der Waals surface area (Å²) in [5.41, 5.74) is 5.38. The van der Waals surface area contributed by atoms with E-state index in [0.29, 0.717) is 6.61 Å². The zero-order valence-corrected chi connectivity index (χ0v) is 7.45. The van der Waals surface area contributed by atoms with E-state index in [0.717, 1.165) is 12.8 Å². The van der Waals surface area contributed by atoms with Crippen LogP contribution < -0.4 is 5.73 Å². The second kappa shape index (κ2) is 7.06. The summed E-state index contributed by atoms with van der Waals surface area (Å²) in [5, 5.41) is 8.47. The molecular weight excluding hydrogens is 158 g/mol. The van der Waals surface area contributed by atoms with E-state index in [1.807, 2.05) is 6.92 Å². The molecule has 0 aromatic heterocycles. The van der Waals surface area contributed by atoms with Gasteiger partial charge in [0.2, 0.25) is 0 Å². The highest BCUT2D eigenvalue weighted by atomic mass is 16.5. The number of hydrogen-bond donors (Lipinski definition) is 2. The van der Waals surface area contributed by atoms with Crippen molar-refractivity contribution in [3.05, 3.63) is 0 Å². The number of ether oxygens (including phenoxy) is 1. The van der Waals surface area contributed by atoms with Crippen LogP contribution in [0.25, 0.3) is 0 Å². The maximum absolute atomic E-state index is 10.9. The quantitative estimate of drug-likeness (QED) is 0.441. The molecule has 0 fully saturated rings. The van der Waals surface area contributed by atoms with Crippen LogP contribution >= 0.6 is 0 Å². The van der Waals surface area contributed by atoms with Crippen molar-refractivity contribution < 1.29 is 14.6 Å². The van der Waals surface area contributed by atoms with Crippen LogP contribution in [0.2, 0.25) is 0 Å². The molecule has 0 radical (unpaired) electrons. The summed E-state index contributed by atoms with van der Waals surface area (Å²) >= 11 is 0. The number of hydrogen-bond acceptors (Lipinski definition) is 4. The molecule has 3 N–H and O–H groups in total. The molecule has 0 aromatic carbocycles. The Kier molecular flexibility index (Phi) is 6.70. The van der Waals surface area contributed by atoms with Crippen LogP contribution in [-0.2, 0) is 9.53 Å². The van der Waals surface area contributed by atoms with E-state index in [4.69, 9.17) is 15.6 Å². The van der Waals surface area contributed by atoms with Gasteiger partial charge in [-0.05, 0) is 12.8 Å². The molecule has 72 valence electrons. The molecule has 0 bridgehead atoms. The van der Waals surface area contributed by atoms with Crippen molar-refractivity contribution in [3.63, 3.8) is 0 Å². The SMILES string of the molecule is CCCCOC(=O)[C@@H](N)CCO. The van der Waals surface area contributed by atoms with Gasteiger partial charge in [0, 0.05) is 6.61 Å². The van der Waals surface area contributed by atoms with E-state index >= 15 is 0 Å². The van der Waals surface area contributed by atoms with Crippen molar-refractivity contribution in [1.82, 2.24) is 0 Å². The molecule has 4 heteroatoms. The Morgan fingerprint density at radius 1 is 1.67 bits per heavy atom. The molecule has 0 aliphatic carbocycles. The number of nitrogens with two attached hydrogens (primary N) is 1. The van der Waals surface area contributed by atoms with Crippen molar-refractivity contribution in [2.45, 2.75) is 32.2 Å². The van der Waals surface area contributed by atoms with Crippen molar-refractivity contribution in [2.75, 3.05) is 13.2 Å². The van der Waals surface area contributed by atoms with Crippen LogP contribution in [0.1, 0.15) is 26.2 Å². The first-order valence-electron chi connectivity index (χ1n) is 4.25. The Labute approximate surface area is 72.7 Å². The maximum atomic E-state index is 10.9. The topological polar surface area (TPSA) is 72.5 Å². The summed E-state index contributed by atoms with van der Waals surface area (Å²) in [6, 6.07) is -0.674. The zero-order chi connectivity index (χ0) is 9.40. The van der Waals surface area contributed by atoms with Crippen LogP contribution in [0.3, 0.4) is 0 Å². The van der Waals surface area contributed by atoms with Crippen molar-refractivity contribution >= 4 is 5.97 Å². The summed E-state index contributed by atoms with van der Waals surface area (Å²) < 4.78 is 4.82. The molecule has 4 nitrogen and oxygen atoms in total. The van der Waals surface area contributed by atoms with Gasteiger partial charge in [-0.2, -0.15) is 0 Å². The van der Waals surface area contributed by atoms with Gasteiger partial charge in [-0.1, -0.05) is 13.3 Å². The predicted molar refractivity (Wildman–Crippen MR) is 45.5 cm³/mol. The minimum Gasteiger partial charge on any atom is -0.465 e. The van der Waals surface area contributed by atoms with Crippen LogP contribution in [0.15, 0.2) is 0 Å². The molecule has 1 atom stereocenters. The first-order valence-corrected chi connectivity index (χ1v) is 4.25. The molecular formula is C8H17NO3. The highest BCUT2D eigenvalue weighted by Gasteiger charge is 2.13. The first-order chi connectivity index (χ1) is 5.72. The lowest BCUT2D eigenvalue weighted by atomic mass is 10.2. The van der Waals surface area contributed by atoms with Crippen molar-refractivity contribution in [1.29, 1.82) is 0 Å². The fourth-order valence-corrected chi connectivity index (χ4v) is 0.681. The van der Waals surface area contributed by atoms with Gasteiger partial charge in [0.25, 0.3) is 0 Å². The fourth-order valence-electron chi connectivity index (χ4n) is 0.681. The monoisotopic (exact) mass is 175 g/mol. The molecule has 0 saturated carbocycles. The summed E-state index contributed by atoms with van der Waals surface area (Å²) in [7, 11) is 0. The van der Waals surface area contributed by atoms with Gasteiger partial charge in [-0.25, -0.2) is 0 Å². The smallest absolute Gasteiger partial charge is 0.322 e. The molecule has 0 rings (SSSR count). The van der Waals surface area contributed by atoms with E-state index in [1.165, 1.54) is 0 Å². The predicted octanol–water partition coefficient (Wildman–Crippen LogP) is 0.0394. The third-order valence-electron chi connectivity index (χ3n) is 1.49. The largest absolute Gasteiger partial charge is 0.465 e. The number of aliphatic hydroxyl groups is 1. The van der Waals surface area contributed by atoms with Crippen molar-refractivity contribution in [2.24, 2.45) is 5.73 Å². The molecule has 0 amide bonds. The van der Waals surface area contributed by atoms with E-state index in [-0.39, 0.29) is 13.0 Å². The summed E-state index contributed by atoms with van der Waals surface area (Å²) in [4.78, 5) is 10.9. The van der Waals surface area contributed by atoms with E-state index in [1.54, 1.807) is 0 Å². The van der Waals surface area contributed by atoms with Gasteiger partial charge < -0.3 is 15.6 Å². The van der Waals surface area contributed by atoms with E-state index in [9.17, 15) is 4.79 Å². The molecule has 0 spiro atoms. The molecule has 0 aliphatic rings. The number of carbonyl (C=O) groups excluding carboxylic acids is 1. The zero-order valence-electron chi connectivity index (χ0n) is 7.45. The van der Waals surface area contributed by atoms with Crippen LogP contribution in [0, 0.1) is 0 Å². The molecule has 0 saturated heterocycles. The Hall–Kier alpha value is -0.610. The molecule has 0 aliphatic heterocycles. The Morgan fingerprint density at radius 3 is 2.83 bits per heavy atom. The van der Waals surface area contributed by atoms with Gasteiger partial charge >= 0.3 is 5.97 Å². The van der Waals surface area contributed by atoms with Gasteiger partial charge in [-0.3, -0.25) is 4.79 Å². The average Bonchev–Trinajstić information content (AvgIpc) is 2.05. The maximum Gasteiger partial charge on any atom is 0.322 e. The summed E-state index contributed by atoms with van der Waals surface area (Å²) in [6.45, 7) is 2.36. The van der Waals surface area contributed by atoms with Gasteiger partial charge in [0.05, 0.1) is 6.61 Å². The average molecular weight is 175 g/mol. The highest BCUT2D eigenvalue weighted by molar-refractivity contribution is 5.75. The number of unbranched alkanes of at least 4 members (excludes halogenated alkanes) is 1. The lowest BCUT2D eigenvalue weighted by Crippen LogP contribution is -2.33. The Bertz CT molecular complexity index is 127. The Morgan fingerprint density at radius 2 is 2.33 bits per heavy atom. The summed E-state index contributed by atoms with van der Waals surface area (Å²) in [6.07, 6.45) is 2.12. The third-order valence-corrected chi connectivity index (χ3v) is 1.49. The summed E-state index contributed by atoms with van der Waals surface area (Å²) in [5.74, 6) is -0.419. The molecule has 12 heavy (non-hydrogen) atoms. The second-order valence-corrected chi connectivity index (χ2v) is 2.64. The van der Waals surface area contributed by atoms with Crippen LogP contribution in [0.5, 0.6) is 0 Å². The lowest BCUT2D eigenvalue weighted by molar-refractivity contribution is -0.145. The van der Waals surface area contributed by atoms with Gasteiger partial charge in [0.1, 0.15) is 6.04 Å². The lowest BCUT2D eigenvalue weighted by Gasteiger charge is -2.09. The number of esters is 1. The van der Waals surface area contributed by atoms with E-state index in [2.05, 4.69) is 0 Å². The minimum absolute atomic E-state index is 0.0793. The van der Waals surface area contributed by atoms with Crippen LogP contribution in [-0.4, -0.2) is 30.3 Å². The van der Waals surface area contributed by atoms with Gasteiger partial charge in [-0.15, -0.1) is 0 Å². The Balaban J connectivity index is 3.43. The van der Waals surface area contributed by atoms with Crippen LogP contribution in [0.4, 0.5) is 0 Å². The number of carbonyl (C=O) groups is 1. The van der Waals surface area contributed by atoms with E-state index < -0.39 is 12.0 Å².